The van der Waals surface area contributed by atoms with Crippen LogP contribution >= 0.6 is 0 Å². The Kier molecular flexibility index (Phi) is 4.49. The van der Waals surface area contributed by atoms with E-state index in [1.165, 1.54) is 10.8 Å². The zero-order valence-electron chi connectivity index (χ0n) is 15.5. The van der Waals surface area contributed by atoms with Crippen molar-refractivity contribution < 1.29 is 9.53 Å². The number of nitrogens with zero attached hydrogens (tertiary/aromatic N) is 4. The van der Waals surface area contributed by atoms with Gasteiger partial charge in [-0.1, -0.05) is 30.3 Å². The fourth-order valence-electron chi connectivity index (χ4n) is 3.16. The molecule has 0 radical (unpaired) electrons. The molecular weight excluding hydrogens is 356 g/mol. The SMILES string of the molecule is CCOC(=O)c1cnn(-c2ccccc2)c1-n1c(C)nc2ccccc2c1=O. The number of rotatable bonds is 4. The lowest BCUT2D eigenvalue weighted by molar-refractivity contribution is 0.0526. The quantitative estimate of drug-likeness (QED) is 0.513. The molecule has 4 aromatic rings. The van der Waals surface area contributed by atoms with Crippen LogP contribution in [0.2, 0.25) is 0 Å². The summed E-state index contributed by atoms with van der Waals surface area (Å²) in [7, 11) is 0. The van der Waals surface area contributed by atoms with E-state index in [1.54, 1.807) is 36.7 Å². The summed E-state index contributed by atoms with van der Waals surface area (Å²) in [6.07, 6.45) is 1.42. The summed E-state index contributed by atoms with van der Waals surface area (Å²) in [6, 6.07) is 16.4. The van der Waals surface area contributed by atoms with Crippen LogP contribution < -0.4 is 5.56 Å². The van der Waals surface area contributed by atoms with Crippen LogP contribution in [0, 0.1) is 6.92 Å². The number of carbonyl (C=O) groups excluding carboxylic acids is 1. The van der Waals surface area contributed by atoms with Crippen molar-refractivity contribution in [1.29, 1.82) is 0 Å². The van der Waals surface area contributed by atoms with Gasteiger partial charge < -0.3 is 4.74 Å². The van der Waals surface area contributed by atoms with Crippen molar-refractivity contribution in [3.8, 4) is 11.5 Å². The van der Waals surface area contributed by atoms with Crippen LogP contribution in [0.3, 0.4) is 0 Å². The van der Waals surface area contributed by atoms with Crippen molar-refractivity contribution in [3.63, 3.8) is 0 Å². The number of aryl methyl sites for hydroxylation is 1. The molecule has 7 nitrogen and oxygen atoms in total. The van der Waals surface area contributed by atoms with Gasteiger partial charge in [0.1, 0.15) is 11.4 Å². The minimum atomic E-state index is -0.542. The number of ether oxygens (including phenoxy) is 1. The molecule has 0 saturated heterocycles. The Morgan fingerprint density at radius 3 is 2.54 bits per heavy atom. The Bertz CT molecular complexity index is 1230. The first kappa shape index (κ1) is 17.7. The molecular formula is C21H18N4O3. The molecule has 0 saturated carbocycles. The Morgan fingerprint density at radius 2 is 1.79 bits per heavy atom. The Labute approximate surface area is 160 Å². The van der Waals surface area contributed by atoms with Crippen LogP contribution in [-0.2, 0) is 4.74 Å². The molecule has 0 fully saturated rings. The number of esters is 1. The molecule has 140 valence electrons. The molecule has 0 bridgehead atoms. The van der Waals surface area contributed by atoms with E-state index in [4.69, 9.17) is 4.74 Å². The molecule has 0 amide bonds. The van der Waals surface area contributed by atoms with Gasteiger partial charge >= 0.3 is 5.97 Å². The summed E-state index contributed by atoms with van der Waals surface area (Å²) in [6.45, 7) is 3.68. The highest BCUT2D eigenvalue weighted by molar-refractivity contribution is 5.93. The topological polar surface area (TPSA) is 79.0 Å². The van der Waals surface area contributed by atoms with Gasteiger partial charge in [-0.2, -0.15) is 5.10 Å². The third kappa shape index (κ3) is 2.87. The molecule has 28 heavy (non-hydrogen) atoms. The van der Waals surface area contributed by atoms with Crippen LogP contribution in [0.4, 0.5) is 0 Å². The monoisotopic (exact) mass is 374 g/mol. The largest absolute Gasteiger partial charge is 0.462 e. The van der Waals surface area contributed by atoms with Gasteiger partial charge in [0.05, 0.1) is 29.4 Å². The molecule has 4 rings (SSSR count). The number of benzene rings is 2. The third-order valence-electron chi connectivity index (χ3n) is 4.40. The smallest absolute Gasteiger partial charge is 0.343 e. The van der Waals surface area contributed by atoms with Crippen LogP contribution in [0.15, 0.2) is 65.6 Å². The van der Waals surface area contributed by atoms with Crippen LogP contribution in [0.25, 0.3) is 22.4 Å². The van der Waals surface area contributed by atoms with Crippen molar-refractivity contribution in [1.82, 2.24) is 19.3 Å². The molecule has 2 aromatic carbocycles. The highest BCUT2D eigenvalue weighted by Gasteiger charge is 2.24. The van der Waals surface area contributed by atoms with E-state index in [0.717, 1.165) is 0 Å². The summed E-state index contributed by atoms with van der Waals surface area (Å²) in [4.78, 5) is 30.4. The molecule has 2 heterocycles. The van der Waals surface area contributed by atoms with E-state index in [9.17, 15) is 9.59 Å². The molecule has 0 aliphatic rings. The van der Waals surface area contributed by atoms with Gasteiger partial charge in [0.25, 0.3) is 5.56 Å². The van der Waals surface area contributed by atoms with E-state index < -0.39 is 5.97 Å². The molecule has 0 aliphatic heterocycles. The number of para-hydroxylation sites is 2. The second kappa shape index (κ2) is 7.11. The van der Waals surface area contributed by atoms with Crippen LogP contribution in [0.5, 0.6) is 0 Å². The summed E-state index contributed by atoms with van der Waals surface area (Å²) in [5.74, 6) is 0.219. The molecule has 0 spiro atoms. The maximum absolute atomic E-state index is 13.3. The first-order valence-electron chi connectivity index (χ1n) is 8.91. The Hall–Kier alpha value is -3.74. The average molecular weight is 374 g/mol. The molecule has 2 aromatic heterocycles. The lowest BCUT2D eigenvalue weighted by atomic mass is 10.2. The zero-order chi connectivity index (χ0) is 19.7. The number of hydrogen-bond donors (Lipinski definition) is 0. The van der Waals surface area contributed by atoms with Gasteiger partial charge in [0.15, 0.2) is 5.82 Å². The molecule has 0 aliphatic carbocycles. The average Bonchev–Trinajstić information content (AvgIpc) is 3.14. The highest BCUT2D eigenvalue weighted by atomic mass is 16.5. The van der Waals surface area contributed by atoms with E-state index in [0.29, 0.717) is 28.2 Å². The van der Waals surface area contributed by atoms with Crippen molar-refractivity contribution in [2.45, 2.75) is 13.8 Å². The van der Waals surface area contributed by atoms with Gasteiger partial charge in [-0.3, -0.25) is 4.79 Å². The second-order valence-corrected chi connectivity index (χ2v) is 6.17. The van der Waals surface area contributed by atoms with Crippen molar-refractivity contribution in [2.75, 3.05) is 6.61 Å². The van der Waals surface area contributed by atoms with E-state index in [1.807, 2.05) is 36.4 Å². The predicted octanol–water partition coefficient (Wildman–Crippen LogP) is 3.06. The maximum Gasteiger partial charge on any atom is 0.343 e. The predicted molar refractivity (Wildman–Crippen MR) is 105 cm³/mol. The van der Waals surface area contributed by atoms with Crippen LogP contribution in [-0.4, -0.2) is 31.9 Å². The highest BCUT2D eigenvalue weighted by Crippen LogP contribution is 2.21. The minimum Gasteiger partial charge on any atom is -0.462 e. The van der Waals surface area contributed by atoms with Crippen LogP contribution in [0.1, 0.15) is 23.1 Å². The lowest BCUT2D eigenvalue weighted by Crippen LogP contribution is -2.26. The second-order valence-electron chi connectivity index (χ2n) is 6.17. The molecule has 7 heteroatoms. The van der Waals surface area contributed by atoms with Gasteiger partial charge in [-0.05, 0) is 38.1 Å². The molecule has 0 atom stereocenters. The van der Waals surface area contributed by atoms with Crippen molar-refractivity contribution in [3.05, 3.63) is 82.5 Å². The number of hydrogen-bond acceptors (Lipinski definition) is 5. The van der Waals surface area contributed by atoms with Crippen molar-refractivity contribution in [2.24, 2.45) is 0 Å². The Balaban J connectivity index is 2.06. The summed E-state index contributed by atoms with van der Waals surface area (Å²) >= 11 is 0. The van der Waals surface area contributed by atoms with Gasteiger partial charge in [0.2, 0.25) is 0 Å². The van der Waals surface area contributed by atoms with E-state index in [2.05, 4.69) is 10.1 Å². The standard InChI is InChI=1S/C21H18N4O3/c1-3-28-21(27)17-13-22-25(15-9-5-4-6-10-15)19(17)24-14(2)23-18-12-8-7-11-16(18)20(24)26/h4-13H,3H2,1-2H3. The summed E-state index contributed by atoms with van der Waals surface area (Å²) in [5, 5.41) is 4.82. The number of aromatic nitrogens is 4. The fraction of sp³-hybridized carbons (Fsp3) is 0.143. The van der Waals surface area contributed by atoms with E-state index >= 15 is 0 Å². The van der Waals surface area contributed by atoms with E-state index in [-0.39, 0.29) is 17.7 Å². The summed E-state index contributed by atoms with van der Waals surface area (Å²) < 4.78 is 8.14. The van der Waals surface area contributed by atoms with Gasteiger partial charge in [-0.15, -0.1) is 0 Å². The molecule has 0 unspecified atom stereocenters. The zero-order valence-corrected chi connectivity index (χ0v) is 15.5. The normalized spacial score (nSPS) is 10.9. The van der Waals surface area contributed by atoms with Gasteiger partial charge in [-0.25, -0.2) is 19.0 Å². The first-order chi connectivity index (χ1) is 13.6. The molecule has 0 N–H and O–H groups in total. The first-order valence-corrected chi connectivity index (χ1v) is 8.91. The van der Waals surface area contributed by atoms with Gasteiger partial charge in [0, 0.05) is 0 Å². The minimum absolute atomic E-state index is 0.202. The third-order valence-corrected chi connectivity index (χ3v) is 4.40. The number of carbonyl (C=O) groups is 1. The Morgan fingerprint density at radius 1 is 1.07 bits per heavy atom. The maximum atomic E-state index is 13.3. The van der Waals surface area contributed by atoms with Crippen molar-refractivity contribution >= 4 is 16.9 Å². The summed E-state index contributed by atoms with van der Waals surface area (Å²) in [5.41, 5.74) is 1.25. The lowest BCUT2D eigenvalue weighted by Gasteiger charge is -2.14. The number of fused-ring (bicyclic) bond motifs is 1. The fourth-order valence-corrected chi connectivity index (χ4v) is 3.16.